The third-order valence-corrected chi connectivity index (χ3v) is 5.60. The maximum absolute atomic E-state index is 12.6. The van der Waals surface area contributed by atoms with Gasteiger partial charge in [-0.05, 0) is 31.8 Å². The van der Waals surface area contributed by atoms with Gasteiger partial charge >= 0.3 is 0 Å². The van der Waals surface area contributed by atoms with Crippen LogP contribution in [0.1, 0.15) is 12.8 Å². The van der Waals surface area contributed by atoms with Crippen molar-refractivity contribution in [2.75, 3.05) is 71.5 Å². The van der Waals surface area contributed by atoms with E-state index in [4.69, 9.17) is 4.74 Å². The number of halogens is 1. The van der Waals surface area contributed by atoms with E-state index >= 15 is 0 Å². The number of methoxy groups -OCH3 is 1. The molecule has 2 aliphatic heterocycles. The number of carbonyl (C=O) groups is 1. The van der Waals surface area contributed by atoms with Gasteiger partial charge in [-0.3, -0.25) is 14.5 Å². The van der Waals surface area contributed by atoms with Crippen molar-refractivity contribution in [3.63, 3.8) is 0 Å². The third kappa shape index (κ3) is 6.54. The topological polar surface area (TPSA) is 78.2 Å². The lowest BCUT2D eigenvalue weighted by atomic mass is 9.97. The van der Waals surface area contributed by atoms with Crippen LogP contribution in [0.3, 0.4) is 0 Å². The first kappa shape index (κ1) is 23.9. The number of aryl methyl sites for hydroxylation is 1. The van der Waals surface area contributed by atoms with Gasteiger partial charge in [0.05, 0.1) is 18.5 Å². The lowest BCUT2D eigenvalue weighted by Crippen LogP contribution is -2.56. The summed E-state index contributed by atoms with van der Waals surface area (Å²) in [6, 6.07) is 0. The molecule has 0 atom stereocenters. The molecule has 0 unspecified atom stereocenters. The Kier molecular flexibility index (Phi) is 9.63. The first-order chi connectivity index (χ1) is 13.6. The lowest BCUT2D eigenvalue weighted by Gasteiger charge is -2.36. The number of hydrogen-bond donors (Lipinski definition) is 1. The average Bonchev–Trinajstić information content (AvgIpc) is 3.14. The van der Waals surface area contributed by atoms with Gasteiger partial charge in [-0.15, -0.1) is 24.0 Å². The predicted octanol–water partition coefficient (Wildman–Crippen LogP) is 0.621. The number of anilines is 1. The van der Waals surface area contributed by atoms with Crippen LogP contribution in [-0.2, 0) is 16.6 Å². The van der Waals surface area contributed by atoms with Crippen LogP contribution in [-0.4, -0.2) is 98.0 Å². The molecule has 3 heterocycles. The molecule has 1 amide bonds. The quantitative estimate of drug-likeness (QED) is 0.338. The molecule has 164 valence electrons. The highest BCUT2D eigenvalue weighted by atomic mass is 127. The minimum absolute atomic E-state index is 0. The summed E-state index contributed by atoms with van der Waals surface area (Å²) < 4.78 is 6.89. The molecule has 0 aliphatic carbocycles. The smallest absolute Gasteiger partial charge is 0.246 e. The number of amides is 1. The van der Waals surface area contributed by atoms with E-state index in [-0.39, 0.29) is 29.9 Å². The van der Waals surface area contributed by atoms with Gasteiger partial charge in [-0.25, -0.2) is 0 Å². The number of aromatic nitrogens is 2. The zero-order valence-electron chi connectivity index (χ0n) is 17.7. The van der Waals surface area contributed by atoms with E-state index in [9.17, 15) is 4.79 Å². The summed E-state index contributed by atoms with van der Waals surface area (Å²) in [6.45, 7) is 6.70. The number of nitrogens with one attached hydrogen (secondary N) is 1. The number of ether oxygens (including phenoxy) is 1. The minimum Gasteiger partial charge on any atom is -0.383 e. The van der Waals surface area contributed by atoms with Crippen molar-refractivity contribution in [2.24, 2.45) is 18.0 Å². The summed E-state index contributed by atoms with van der Waals surface area (Å²) in [7, 11) is 5.40. The maximum atomic E-state index is 12.6. The van der Waals surface area contributed by atoms with Gasteiger partial charge in [0.15, 0.2) is 5.96 Å². The van der Waals surface area contributed by atoms with Gasteiger partial charge in [0, 0.05) is 53.6 Å². The highest BCUT2D eigenvalue weighted by Gasteiger charge is 2.28. The molecule has 0 saturated carbocycles. The highest BCUT2D eigenvalue weighted by molar-refractivity contribution is 14.0. The molecule has 0 bridgehead atoms. The van der Waals surface area contributed by atoms with Crippen molar-refractivity contribution >= 4 is 41.5 Å². The van der Waals surface area contributed by atoms with Gasteiger partial charge in [0.1, 0.15) is 6.54 Å². The van der Waals surface area contributed by atoms with Crippen molar-refractivity contribution in [3.8, 4) is 0 Å². The van der Waals surface area contributed by atoms with Crippen molar-refractivity contribution in [3.05, 3.63) is 12.4 Å². The van der Waals surface area contributed by atoms with Crippen LogP contribution in [0.25, 0.3) is 0 Å². The van der Waals surface area contributed by atoms with Crippen LogP contribution in [0.4, 0.5) is 5.69 Å². The zero-order valence-corrected chi connectivity index (χ0v) is 20.0. The van der Waals surface area contributed by atoms with Crippen LogP contribution in [0.15, 0.2) is 17.4 Å². The Labute approximate surface area is 190 Å². The largest absolute Gasteiger partial charge is 0.383 e. The van der Waals surface area contributed by atoms with Crippen LogP contribution in [0, 0.1) is 5.92 Å². The van der Waals surface area contributed by atoms with E-state index in [0.717, 1.165) is 51.0 Å². The van der Waals surface area contributed by atoms with E-state index in [1.165, 1.54) is 12.8 Å². The molecule has 0 radical (unpaired) electrons. The van der Waals surface area contributed by atoms with Crippen molar-refractivity contribution in [1.29, 1.82) is 0 Å². The first-order valence-electron chi connectivity index (χ1n) is 10.1. The molecule has 10 heteroatoms. The highest BCUT2D eigenvalue weighted by Crippen LogP contribution is 2.18. The number of guanidine groups is 1. The number of likely N-dealkylation sites (tertiary alicyclic amines) is 1. The Balaban J connectivity index is 0.00000300. The molecule has 2 aliphatic rings. The lowest BCUT2D eigenvalue weighted by molar-refractivity contribution is -0.120. The number of piperidine rings is 1. The minimum atomic E-state index is 0. The molecule has 2 fully saturated rings. The Bertz CT molecular complexity index is 673. The molecular weight excluding hydrogens is 485 g/mol. The molecule has 9 nitrogen and oxygen atoms in total. The molecule has 3 rings (SSSR count). The predicted molar refractivity (Wildman–Crippen MR) is 125 cm³/mol. The Morgan fingerprint density at radius 2 is 2.07 bits per heavy atom. The fourth-order valence-electron chi connectivity index (χ4n) is 3.88. The summed E-state index contributed by atoms with van der Waals surface area (Å²) in [4.78, 5) is 23.3. The zero-order chi connectivity index (χ0) is 19.9. The fourth-order valence-corrected chi connectivity index (χ4v) is 3.88. The standard InChI is InChI=1S/C19H33N7O2.HI/c1-20-19(21-12-16-4-6-24(7-5-16)10-11-28-3)25-8-9-26(18(27)15-25)17-13-22-23(2)14-17;/h13-14,16H,4-12,15H2,1-3H3,(H,20,21);1H. The normalized spacial score (nSPS) is 19.4. The van der Waals surface area contributed by atoms with Gasteiger partial charge in [0.2, 0.25) is 5.91 Å². The molecule has 1 N–H and O–H groups in total. The number of carbonyl (C=O) groups excluding carboxylic acids is 1. The second kappa shape index (κ2) is 11.7. The monoisotopic (exact) mass is 519 g/mol. The summed E-state index contributed by atoms with van der Waals surface area (Å²) >= 11 is 0. The van der Waals surface area contributed by atoms with Crippen LogP contribution >= 0.6 is 24.0 Å². The molecule has 2 saturated heterocycles. The summed E-state index contributed by atoms with van der Waals surface area (Å²) in [5.41, 5.74) is 0.857. The first-order valence-corrected chi connectivity index (χ1v) is 10.1. The molecule has 0 spiro atoms. The molecular formula is C19H34IN7O2. The van der Waals surface area contributed by atoms with E-state index in [1.807, 2.05) is 18.1 Å². The van der Waals surface area contributed by atoms with Crippen molar-refractivity contribution < 1.29 is 9.53 Å². The van der Waals surface area contributed by atoms with Gasteiger partial charge in [0.25, 0.3) is 0 Å². The van der Waals surface area contributed by atoms with Crippen LogP contribution < -0.4 is 10.2 Å². The SMILES string of the molecule is CN=C(NCC1CCN(CCOC)CC1)N1CCN(c2cnn(C)c2)C(=O)C1.I. The maximum Gasteiger partial charge on any atom is 0.246 e. The van der Waals surface area contributed by atoms with Crippen LogP contribution in [0.2, 0.25) is 0 Å². The molecule has 29 heavy (non-hydrogen) atoms. The Morgan fingerprint density at radius 1 is 1.31 bits per heavy atom. The second-order valence-corrected chi connectivity index (χ2v) is 7.55. The summed E-state index contributed by atoms with van der Waals surface area (Å²) in [6.07, 6.45) is 5.97. The summed E-state index contributed by atoms with van der Waals surface area (Å²) in [5, 5.41) is 7.65. The molecule has 1 aromatic heterocycles. The fraction of sp³-hybridized carbons (Fsp3) is 0.737. The molecule has 0 aromatic carbocycles. The average molecular weight is 519 g/mol. The van der Waals surface area contributed by atoms with Crippen molar-refractivity contribution in [1.82, 2.24) is 24.9 Å². The number of hydrogen-bond acceptors (Lipinski definition) is 5. The van der Waals surface area contributed by atoms with E-state index in [1.54, 1.807) is 29.9 Å². The van der Waals surface area contributed by atoms with Gasteiger partial charge in [-0.1, -0.05) is 0 Å². The number of nitrogens with zero attached hydrogens (tertiary/aromatic N) is 6. The van der Waals surface area contributed by atoms with Gasteiger partial charge in [-0.2, -0.15) is 5.10 Å². The number of rotatable bonds is 6. The molecule has 1 aromatic rings. The van der Waals surface area contributed by atoms with E-state index < -0.39 is 0 Å². The third-order valence-electron chi connectivity index (χ3n) is 5.60. The summed E-state index contributed by atoms with van der Waals surface area (Å²) in [5.74, 6) is 1.54. The van der Waals surface area contributed by atoms with Crippen LogP contribution in [0.5, 0.6) is 0 Å². The second-order valence-electron chi connectivity index (χ2n) is 7.55. The number of piperazine rings is 1. The Hall–Kier alpha value is -1.40. The van der Waals surface area contributed by atoms with Gasteiger partial charge < -0.3 is 24.8 Å². The Morgan fingerprint density at radius 3 is 2.66 bits per heavy atom. The van der Waals surface area contributed by atoms with Crippen molar-refractivity contribution in [2.45, 2.75) is 12.8 Å². The van der Waals surface area contributed by atoms with E-state index in [2.05, 4.69) is 20.3 Å². The number of aliphatic imine (C=N–C) groups is 1. The van der Waals surface area contributed by atoms with E-state index in [0.29, 0.717) is 19.0 Å².